The summed E-state index contributed by atoms with van der Waals surface area (Å²) in [7, 11) is 1.77. The molecule has 3 aromatic heterocycles. The van der Waals surface area contributed by atoms with Crippen LogP contribution in [0.4, 0.5) is 11.5 Å². The van der Waals surface area contributed by atoms with Gasteiger partial charge in [0.05, 0.1) is 21.8 Å². The number of amides is 1. The van der Waals surface area contributed by atoms with Crippen molar-refractivity contribution in [2.75, 3.05) is 36.0 Å². The SMILES string of the molecule is Cc1c(N2C(=O)/C(=C\c3c(N4CCN(Cc5ccccc5)CC4)nc4ccccn4c3=O)SC2=S)c(=O)n(-c2ccccc2)n1C. The summed E-state index contributed by atoms with van der Waals surface area (Å²) in [5.74, 6) is 0.0837. The number of nitrogens with zero attached hydrogens (tertiary/aromatic N) is 7. The van der Waals surface area contributed by atoms with E-state index in [9.17, 15) is 14.4 Å². The Morgan fingerprint density at radius 2 is 1.54 bits per heavy atom. The molecule has 2 aliphatic heterocycles. The maximum absolute atomic E-state index is 14.0. The number of para-hydroxylation sites is 1. The standard InChI is InChI=1S/C34H31N7O3S2/c1-23-29(33(44)41(36(23)2)25-13-7-4-8-14-25)40-32(43)27(46-34(40)45)21-26-30(35-28-15-9-10-16-39(28)31(26)42)38-19-17-37(18-20-38)22-24-11-5-3-6-12-24/h3-16,21H,17-20,22H2,1-2H3/b27-21+. The fourth-order valence-corrected chi connectivity index (χ4v) is 7.27. The number of thiocarbonyl (C=S) groups is 1. The molecular formula is C34H31N7O3S2. The number of benzene rings is 2. The first kappa shape index (κ1) is 29.9. The first-order valence-corrected chi connectivity index (χ1v) is 16.2. The predicted octanol–water partition coefficient (Wildman–Crippen LogP) is 4.22. The molecular weight excluding hydrogens is 619 g/mol. The highest BCUT2D eigenvalue weighted by Crippen LogP contribution is 2.37. The van der Waals surface area contributed by atoms with E-state index < -0.39 is 5.91 Å². The molecule has 2 aromatic carbocycles. The topological polar surface area (TPSA) is 88.1 Å². The second kappa shape index (κ2) is 12.2. The average molecular weight is 650 g/mol. The van der Waals surface area contributed by atoms with Crippen LogP contribution in [0.2, 0.25) is 0 Å². The van der Waals surface area contributed by atoms with Gasteiger partial charge in [0.1, 0.15) is 17.2 Å². The van der Waals surface area contributed by atoms with E-state index >= 15 is 0 Å². The van der Waals surface area contributed by atoms with Gasteiger partial charge in [-0.15, -0.1) is 0 Å². The molecule has 5 aromatic rings. The number of hydrogen-bond donors (Lipinski definition) is 0. The lowest BCUT2D eigenvalue weighted by molar-refractivity contribution is -0.113. The van der Waals surface area contributed by atoms with Gasteiger partial charge >= 0.3 is 0 Å². The van der Waals surface area contributed by atoms with E-state index in [4.69, 9.17) is 17.2 Å². The van der Waals surface area contributed by atoms with Gasteiger partial charge in [-0.25, -0.2) is 9.67 Å². The Hall–Kier alpha value is -4.78. The largest absolute Gasteiger partial charge is 0.353 e. The average Bonchev–Trinajstić information content (AvgIpc) is 3.47. The van der Waals surface area contributed by atoms with Gasteiger partial charge in [-0.1, -0.05) is 78.6 Å². The molecule has 0 N–H and O–H groups in total. The highest BCUT2D eigenvalue weighted by molar-refractivity contribution is 8.27. The highest BCUT2D eigenvalue weighted by Gasteiger charge is 2.38. The van der Waals surface area contributed by atoms with Gasteiger partial charge in [0.25, 0.3) is 17.0 Å². The van der Waals surface area contributed by atoms with Crippen LogP contribution in [0.1, 0.15) is 16.8 Å². The molecule has 46 heavy (non-hydrogen) atoms. The van der Waals surface area contributed by atoms with Crippen LogP contribution in [0.3, 0.4) is 0 Å². The van der Waals surface area contributed by atoms with Crippen molar-refractivity contribution in [1.29, 1.82) is 0 Å². The summed E-state index contributed by atoms with van der Waals surface area (Å²) in [6.45, 7) is 5.58. The number of hydrogen-bond acceptors (Lipinski definition) is 8. The molecule has 2 saturated heterocycles. The van der Waals surface area contributed by atoms with Gasteiger partial charge in [-0.2, -0.15) is 0 Å². The van der Waals surface area contributed by atoms with Crippen LogP contribution in [0.5, 0.6) is 0 Å². The van der Waals surface area contributed by atoms with E-state index in [1.54, 1.807) is 43.1 Å². The lowest BCUT2D eigenvalue weighted by atomic mass is 10.2. The summed E-state index contributed by atoms with van der Waals surface area (Å²) in [5, 5.41) is 0. The van der Waals surface area contributed by atoms with Crippen molar-refractivity contribution in [3.63, 3.8) is 0 Å². The van der Waals surface area contributed by atoms with Crippen LogP contribution in [-0.4, -0.2) is 60.1 Å². The smallest absolute Gasteiger partial charge is 0.296 e. The normalized spacial score (nSPS) is 16.7. The number of rotatable bonds is 6. The zero-order valence-corrected chi connectivity index (χ0v) is 27.0. The van der Waals surface area contributed by atoms with Crippen molar-refractivity contribution in [2.45, 2.75) is 13.5 Å². The number of carbonyl (C=O) groups excluding carboxylic acids is 1. The van der Waals surface area contributed by atoms with Crippen molar-refractivity contribution in [2.24, 2.45) is 7.05 Å². The molecule has 10 nitrogen and oxygen atoms in total. The Kier molecular flexibility index (Phi) is 7.93. The maximum Gasteiger partial charge on any atom is 0.296 e. The minimum atomic E-state index is -0.447. The van der Waals surface area contributed by atoms with Gasteiger partial charge in [-0.3, -0.25) is 33.3 Å². The van der Waals surface area contributed by atoms with Crippen molar-refractivity contribution in [3.8, 4) is 5.69 Å². The van der Waals surface area contributed by atoms with Crippen LogP contribution in [-0.2, 0) is 18.4 Å². The Bertz CT molecular complexity index is 2130. The molecule has 5 heterocycles. The molecule has 232 valence electrons. The van der Waals surface area contributed by atoms with Crippen molar-refractivity contribution in [3.05, 3.63) is 127 Å². The first-order valence-electron chi connectivity index (χ1n) is 15.0. The minimum Gasteiger partial charge on any atom is -0.353 e. The molecule has 7 rings (SSSR count). The second-order valence-corrected chi connectivity index (χ2v) is 12.9. The van der Waals surface area contributed by atoms with Crippen LogP contribution < -0.4 is 20.9 Å². The quantitative estimate of drug-likeness (QED) is 0.200. The third-order valence-electron chi connectivity index (χ3n) is 8.49. The summed E-state index contributed by atoms with van der Waals surface area (Å²) in [5.41, 5.74) is 2.92. The van der Waals surface area contributed by atoms with Gasteiger partial charge in [0.2, 0.25) is 0 Å². The second-order valence-electron chi connectivity index (χ2n) is 11.3. The van der Waals surface area contributed by atoms with Crippen molar-refractivity contribution < 1.29 is 4.79 Å². The summed E-state index contributed by atoms with van der Waals surface area (Å²) in [6.07, 6.45) is 3.27. The van der Waals surface area contributed by atoms with E-state index in [0.29, 0.717) is 41.5 Å². The van der Waals surface area contributed by atoms with Gasteiger partial charge in [0, 0.05) is 46.0 Å². The molecule has 12 heteroatoms. The van der Waals surface area contributed by atoms with E-state index in [1.165, 1.54) is 19.5 Å². The van der Waals surface area contributed by atoms with E-state index in [-0.39, 0.29) is 26.0 Å². The van der Waals surface area contributed by atoms with E-state index in [0.717, 1.165) is 31.4 Å². The van der Waals surface area contributed by atoms with Crippen LogP contribution >= 0.6 is 24.0 Å². The van der Waals surface area contributed by atoms with Gasteiger partial charge in [-0.05, 0) is 42.8 Å². The highest BCUT2D eigenvalue weighted by atomic mass is 32.2. The number of carbonyl (C=O) groups is 1. The molecule has 0 spiro atoms. The molecule has 0 radical (unpaired) electrons. The summed E-state index contributed by atoms with van der Waals surface area (Å²) in [6, 6.07) is 25.0. The Morgan fingerprint density at radius 1 is 0.870 bits per heavy atom. The molecule has 2 aliphatic rings. The lowest BCUT2D eigenvalue weighted by Crippen LogP contribution is -2.47. The van der Waals surface area contributed by atoms with Gasteiger partial charge < -0.3 is 4.90 Å². The fourth-order valence-electron chi connectivity index (χ4n) is 6.02. The predicted molar refractivity (Wildman–Crippen MR) is 187 cm³/mol. The van der Waals surface area contributed by atoms with Crippen molar-refractivity contribution >= 4 is 57.4 Å². The van der Waals surface area contributed by atoms with Crippen LogP contribution in [0.25, 0.3) is 17.4 Å². The number of piperazine rings is 1. The molecule has 0 atom stereocenters. The number of thioether (sulfide) groups is 1. The number of pyridine rings is 1. The van der Waals surface area contributed by atoms with Crippen LogP contribution in [0, 0.1) is 6.92 Å². The zero-order chi connectivity index (χ0) is 31.9. The number of aromatic nitrogens is 4. The van der Waals surface area contributed by atoms with Gasteiger partial charge in [0.15, 0.2) is 4.32 Å². The molecule has 0 aliphatic carbocycles. The molecule has 0 unspecified atom stereocenters. The maximum atomic E-state index is 14.0. The molecule has 0 bridgehead atoms. The zero-order valence-electron chi connectivity index (χ0n) is 25.4. The molecule has 1 amide bonds. The minimum absolute atomic E-state index is 0.195. The third kappa shape index (κ3) is 5.27. The Balaban J connectivity index is 1.24. The van der Waals surface area contributed by atoms with E-state index in [2.05, 4.69) is 21.9 Å². The lowest BCUT2D eigenvalue weighted by Gasteiger charge is -2.36. The fraction of sp³-hybridized carbons (Fsp3) is 0.206. The molecule has 2 fully saturated rings. The molecule has 0 saturated carbocycles. The Labute approximate surface area is 274 Å². The number of fused-ring (bicyclic) bond motifs is 1. The third-order valence-corrected chi connectivity index (χ3v) is 9.79. The van der Waals surface area contributed by atoms with Crippen LogP contribution in [0.15, 0.2) is 99.6 Å². The monoisotopic (exact) mass is 649 g/mol. The first-order chi connectivity index (χ1) is 22.3. The summed E-state index contributed by atoms with van der Waals surface area (Å²) in [4.78, 5) is 52.7. The van der Waals surface area contributed by atoms with E-state index in [1.807, 2.05) is 54.6 Å². The summed E-state index contributed by atoms with van der Waals surface area (Å²) < 4.78 is 4.95. The van der Waals surface area contributed by atoms with Crippen molar-refractivity contribution in [1.82, 2.24) is 23.6 Å². The Morgan fingerprint density at radius 3 is 2.26 bits per heavy atom. The number of anilines is 2. The summed E-state index contributed by atoms with van der Waals surface area (Å²) >= 11 is 6.75.